The summed E-state index contributed by atoms with van der Waals surface area (Å²) >= 11 is 0. The molecule has 0 spiro atoms. The Balaban J connectivity index is 2.94. The van der Waals surface area contributed by atoms with Gasteiger partial charge < -0.3 is 5.11 Å². The van der Waals surface area contributed by atoms with Gasteiger partial charge in [-0.1, -0.05) is 30.3 Å². The number of rotatable bonds is 7. The number of aliphatic hydroxyl groups excluding tert-OH is 1. The van der Waals surface area contributed by atoms with Crippen LogP contribution >= 0.6 is 0 Å². The highest BCUT2D eigenvalue weighted by Crippen LogP contribution is 2.14. The molecule has 6 heteroatoms. The van der Waals surface area contributed by atoms with Gasteiger partial charge in [0.2, 0.25) is 0 Å². The van der Waals surface area contributed by atoms with Crippen LogP contribution < -0.4 is 0 Å². The molecular formula is C13H22N2O3S. The molecule has 0 unspecified atom stereocenters. The van der Waals surface area contributed by atoms with Gasteiger partial charge in [-0.3, -0.25) is 0 Å². The molecule has 0 aliphatic carbocycles. The lowest BCUT2D eigenvalue weighted by Crippen LogP contribution is -2.45. The highest BCUT2D eigenvalue weighted by atomic mass is 32.2. The molecular weight excluding hydrogens is 264 g/mol. The average Bonchev–Trinajstić information content (AvgIpc) is 2.38. The van der Waals surface area contributed by atoms with Gasteiger partial charge in [-0.05, 0) is 19.4 Å². The van der Waals surface area contributed by atoms with Crippen molar-refractivity contribution < 1.29 is 13.5 Å². The minimum absolute atomic E-state index is 0.0916. The van der Waals surface area contributed by atoms with Gasteiger partial charge in [0.15, 0.2) is 0 Å². The number of hydrogen-bond donors (Lipinski definition) is 1. The van der Waals surface area contributed by atoms with Crippen molar-refractivity contribution in [3.63, 3.8) is 0 Å². The van der Waals surface area contributed by atoms with Crippen LogP contribution in [0.4, 0.5) is 0 Å². The maximum absolute atomic E-state index is 12.4. The molecule has 0 aliphatic rings. The van der Waals surface area contributed by atoms with E-state index in [0.29, 0.717) is 0 Å². The van der Waals surface area contributed by atoms with Gasteiger partial charge in [0.05, 0.1) is 6.61 Å². The van der Waals surface area contributed by atoms with Gasteiger partial charge in [-0.2, -0.15) is 17.0 Å². The van der Waals surface area contributed by atoms with Crippen molar-refractivity contribution in [1.29, 1.82) is 0 Å². The van der Waals surface area contributed by atoms with Crippen LogP contribution in [-0.2, 0) is 16.8 Å². The summed E-state index contributed by atoms with van der Waals surface area (Å²) in [6.45, 7) is 3.79. The van der Waals surface area contributed by atoms with Crippen LogP contribution in [0.2, 0.25) is 0 Å². The molecule has 0 saturated carbocycles. The third-order valence-electron chi connectivity index (χ3n) is 2.97. The molecule has 1 rings (SSSR count). The Morgan fingerprint density at radius 3 is 2.26 bits per heavy atom. The number of benzene rings is 1. The van der Waals surface area contributed by atoms with Gasteiger partial charge in [-0.25, -0.2) is 0 Å². The summed E-state index contributed by atoms with van der Waals surface area (Å²) in [6, 6.07) is 9.23. The van der Waals surface area contributed by atoms with Crippen molar-refractivity contribution in [2.45, 2.75) is 26.4 Å². The smallest absolute Gasteiger partial charge is 0.282 e. The van der Waals surface area contributed by atoms with E-state index in [9.17, 15) is 8.42 Å². The van der Waals surface area contributed by atoms with E-state index < -0.39 is 10.2 Å². The van der Waals surface area contributed by atoms with Crippen molar-refractivity contribution >= 4 is 10.2 Å². The first-order valence-electron chi connectivity index (χ1n) is 6.27. The van der Waals surface area contributed by atoms with Crippen LogP contribution in [0.3, 0.4) is 0 Å². The lowest BCUT2D eigenvalue weighted by molar-refractivity contribution is 0.240. The average molecular weight is 286 g/mol. The maximum Gasteiger partial charge on any atom is 0.282 e. The summed E-state index contributed by atoms with van der Waals surface area (Å²) in [5.41, 5.74) is 0.900. The van der Waals surface area contributed by atoms with E-state index in [0.717, 1.165) is 5.56 Å². The molecule has 1 aromatic rings. The van der Waals surface area contributed by atoms with Crippen LogP contribution in [0.25, 0.3) is 0 Å². The monoisotopic (exact) mass is 286 g/mol. The van der Waals surface area contributed by atoms with Crippen molar-refractivity contribution in [3.05, 3.63) is 35.9 Å². The summed E-state index contributed by atoms with van der Waals surface area (Å²) in [7, 11) is -2.00. The lowest BCUT2D eigenvalue weighted by atomic mass is 10.2. The first-order chi connectivity index (χ1) is 8.89. The summed E-state index contributed by atoms with van der Waals surface area (Å²) in [6.07, 6.45) is 0. The Hall–Kier alpha value is -0.950. The molecule has 0 aliphatic heterocycles. The molecule has 5 nitrogen and oxygen atoms in total. The molecule has 0 amide bonds. The Bertz CT molecular complexity index is 474. The molecule has 0 heterocycles. The zero-order valence-corrected chi connectivity index (χ0v) is 12.5. The van der Waals surface area contributed by atoms with E-state index in [2.05, 4.69) is 0 Å². The predicted molar refractivity (Wildman–Crippen MR) is 75.8 cm³/mol. The molecule has 1 aromatic carbocycles. The van der Waals surface area contributed by atoms with Crippen molar-refractivity contribution in [2.24, 2.45) is 0 Å². The minimum atomic E-state index is -3.55. The first kappa shape index (κ1) is 16.1. The molecule has 19 heavy (non-hydrogen) atoms. The van der Waals surface area contributed by atoms with Crippen LogP contribution in [0.5, 0.6) is 0 Å². The summed E-state index contributed by atoms with van der Waals surface area (Å²) < 4.78 is 27.4. The SMILES string of the molecule is CC(C)N(C)S(=O)(=O)N(CCO)Cc1ccccc1. The minimum Gasteiger partial charge on any atom is -0.395 e. The largest absolute Gasteiger partial charge is 0.395 e. The molecule has 0 fully saturated rings. The third kappa shape index (κ3) is 4.28. The van der Waals surface area contributed by atoms with Gasteiger partial charge in [0.1, 0.15) is 0 Å². The van der Waals surface area contributed by atoms with Gasteiger partial charge in [0, 0.05) is 26.2 Å². The molecule has 0 atom stereocenters. The van der Waals surface area contributed by atoms with Crippen molar-refractivity contribution in [3.8, 4) is 0 Å². The third-order valence-corrected chi connectivity index (χ3v) is 5.08. The zero-order valence-electron chi connectivity index (χ0n) is 11.7. The van der Waals surface area contributed by atoms with Gasteiger partial charge in [-0.15, -0.1) is 0 Å². The predicted octanol–water partition coefficient (Wildman–Crippen LogP) is 1.07. The quantitative estimate of drug-likeness (QED) is 0.815. The van der Waals surface area contributed by atoms with Crippen molar-refractivity contribution in [1.82, 2.24) is 8.61 Å². The number of nitrogens with zero attached hydrogens (tertiary/aromatic N) is 2. The summed E-state index contributed by atoms with van der Waals surface area (Å²) in [4.78, 5) is 0. The van der Waals surface area contributed by atoms with Crippen LogP contribution in [0.15, 0.2) is 30.3 Å². The van der Waals surface area contributed by atoms with Crippen molar-refractivity contribution in [2.75, 3.05) is 20.2 Å². The van der Waals surface area contributed by atoms with E-state index in [1.165, 1.54) is 8.61 Å². The normalized spacial score (nSPS) is 12.6. The fourth-order valence-corrected chi connectivity index (χ4v) is 3.14. The lowest BCUT2D eigenvalue weighted by Gasteiger charge is -2.29. The van der Waals surface area contributed by atoms with E-state index >= 15 is 0 Å². The van der Waals surface area contributed by atoms with Gasteiger partial charge >= 0.3 is 0 Å². The summed E-state index contributed by atoms with van der Waals surface area (Å²) in [5.74, 6) is 0. The van der Waals surface area contributed by atoms with E-state index in [4.69, 9.17) is 5.11 Å². The Kier molecular flexibility index (Phi) is 5.93. The number of hydrogen-bond acceptors (Lipinski definition) is 3. The van der Waals surface area contributed by atoms with E-state index in [1.807, 2.05) is 44.2 Å². The van der Waals surface area contributed by atoms with E-state index in [-0.39, 0.29) is 25.7 Å². The Morgan fingerprint density at radius 1 is 1.21 bits per heavy atom. The molecule has 0 radical (unpaired) electrons. The Labute approximate surface area is 115 Å². The van der Waals surface area contributed by atoms with E-state index in [1.54, 1.807) is 7.05 Å². The number of aliphatic hydroxyl groups is 1. The summed E-state index contributed by atoms with van der Waals surface area (Å²) in [5, 5.41) is 9.07. The second-order valence-electron chi connectivity index (χ2n) is 4.66. The standard InChI is InChI=1S/C13H22N2O3S/c1-12(2)14(3)19(17,18)15(9-10-16)11-13-7-5-4-6-8-13/h4-8,12,16H,9-11H2,1-3H3. The topological polar surface area (TPSA) is 60.9 Å². The zero-order chi connectivity index (χ0) is 14.5. The maximum atomic E-state index is 12.4. The first-order valence-corrected chi connectivity index (χ1v) is 7.67. The highest BCUT2D eigenvalue weighted by molar-refractivity contribution is 7.86. The Morgan fingerprint density at radius 2 is 1.79 bits per heavy atom. The fourth-order valence-electron chi connectivity index (χ4n) is 1.62. The van der Waals surface area contributed by atoms with Crippen LogP contribution in [0, 0.1) is 0 Å². The molecule has 0 bridgehead atoms. The fraction of sp³-hybridized carbons (Fsp3) is 0.538. The van der Waals surface area contributed by atoms with Crippen LogP contribution in [0.1, 0.15) is 19.4 Å². The molecule has 0 aromatic heterocycles. The molecule has 108 valence electrons. The van der Waals surface area contributed by atoms with Crippen LogP contribution in [-0.4, -0.2) is 48.4 Å². The second-order valence-corrected chi connectivity index (χ2v) is 6.65. The molecule has 0 saturated heterocycles. The highest BCUT2D eigenvalue weighted by Gasteiger charge is 2.28. The molecule has 1 N–H and O–H groups in total. The second kappa shape index (κ2) is 7.00. The van der Waals surface area contributed by atoms with Gasteiger partial charge in [0.25, 0.3) is 10.2 Å².